The Morgan fingerprint density at radius 1 is 0.952 bits per heavy atom. The van der Waals surface area contributed by atoms with Crippen LogP contribution in [0.1, 0.15) is 29.8 Å². The van der Waals surface area contributed by atoms with Gasteiger partial charge in [0.15, 0.2) is 11.5 Å². The summed E-state index contributed by atoms with van der Waals surface area (Å²) in [5.74, 6) is 0.894. The van der Waals surface area contributed by atoms with Crippen molar-refractivity contribution in [3.8, 4) is 0 Å². The Labute approximate surface area is 125 Å². The second-order valence-corrected chi connectivity index (χ2v) is 5.92. The minimum Gasteiger partial charge on any atom is -0.355 e. The number of nitrogens with zero attached hydrogens (tertiary/aromatic N) is 5. The molecule has 0 aromatic carbocycles. The molecule has 2 fully saturated rings. The van der Waals surface area contributed by atoms with Crippen LogP contribution in [-0.2, 0) is 0 Å². The number of rotatable bonds is 2. The van der Waals surface area contributed by atoms with Crippen molar-refractivity contribution < 1.29 is 4.79 Å². The van der Waals surface area contributed by atoms with Crippen LogP contribution in [0.15, 0.2) is 12.1 Å². The van der Waals surface area contributed by atoms with Crippen LogP contribution in [0.5, 0.6) is 0 Å². The molecule has 0 atom stereocenters. The smallest absolute Gasteiger partial charge is 0.274 e. The maximum Gasteiger partial charge on any atom is 0.274 e. The van der Waals surface area contributed by atoms with Crippen LogP contribution in [0.3, 0.4) is 0 Å². The molecule has 114 valence electrons. The second-order valence-electron chi connectivity index (χ2n) is 5.92. The molecular weight excluding hydrogens is 266 g/mol. The van der Waals surface area contributed by atoms with E-state index in [0.29, 0.717) is 5.69 Å². The maximum atomic E-state index is 12.4. The molecule has 0 unspecified atom stereocenters. The first kappa shape index (κ1) is 14.3. The van der Waals surface area contributed by atoms with Crippen LogP contribution in [0.25, 0.3) is 0 Å². The van der Waals surface area contributed by atoms with E-state index in [2.05, 4.69) is 27.0 Å². The fourth-order valence-electron chi connectivity index (χ4n) is 2.90. The molecule has 3 rings (SSSR count). The Bertz CT molecular complexity index is 475. The van der Waals surface area contributed by atoms with Gasteiger partial charge in [0.25, 0.3) is 5.91 Å². The van der Waals surface area contributed by atoms with Crippen molar-refractivity contribution in [1.82, 2.24) is 20.0 Å². The Hall–Kier alpha value is -1.69. The van der Waals surface area contributed by atoms with Crippen molar-refractivity contribution in [2.45, 2.75) is 19.3 Å². The highest BCUT2D eigenvalue weighted by Gasteiger charge is 2.22. The molecule has 0 bridgehead atoms. The Kier molecular flexibility index (Phi) is 4.34. The van der Waals surface area contributed by atoms with E-state index >= 15 is 0 Å². The van der Waals surface area contributed by atoms with E-state index in [1.54, 1.807) is 0 Å². The van der Waals surface area contributed by atoms with Gasteiger partial charge in [0.2, 0.25) is 0 Å². The average molecular weight is 289 g/mol. The standard InChI is InChI=1S/C15H23N5O/c1-18-9-11-20(12-10-18)15(21)13-5-6-14(17-16-13)19-7-3-2-4-8-19/h5-6H,2-4,7-12H2,1H3. The molecule has 21 heavy (non-hydrogen) atoms. The van der Waals surface area contributed by atoms with Gasteiger partial charge >= 0.3 is 0 Å². The number of carbonyl (C=O) groups is 1. The van der Waals surface area contributed by atoms with Crippen molar-refractivity contribution in [1.29, 1.82) is 0 Å². The molecule has 2 aliphatic rings. The van der Waals surface area contributed by atoms with Crippen LogP contribution in [0.2, 0.25) is 0 Å². The molecule has 1 aromatic heterocycles. The van der Waals surface area contributed by atoms with Gasteiger partial charge in [0.05, 0.1) is 0 Å². The summed E-state index contributed by atoms with van der Waals surface area (Å²) in [5.41, 5.74) is 0.459. The van der Waals surface area contributed by atoms with Crippen molar-refractivity contribution in [2.75, 3.05) is 51.2 Å². The van der Waals surface area contributed by atoms with Crippen molar-refractivity contribution in [2.24, 2.45) is 0 Å². The Morgan fingerprint density at radius 2 is 1.67 bits per heavy atom. The number of piperazine rings is 1. The molecule has 6 nitrogen and oxygen atoms in total. The molecule has 1 amide bonds. The zero-order valence-electron chi connectivity index (χ0n) is 12.7. The van der Waals surface area contributed by atoms with Crippen LogP contribution >= 0.6 is 0 Å². The third-order valence-electron chi connectivity index (χ3n) is 4.34. The monoisotopic (exact) mass is 289 g/mol. The first-order valence-corrected chi connectivity index (χ1v) is 7.80. The van der Waals surface area contributed by atoms with Crippen LogP contribution in [-0.4, -0.2) is 72.2 Å². The zero-order chi connectivity index (χ0) is 14.7. The summed E-state index contributed by atoms with van der Waals surface area (Å²) in [5, 5.41) is 8.40. The van der Waals surface area contributed by atoms with Gasteiger partial charge in [0.1, 0.15) is 0 Å². The van der Waals surface area contributed by atoms with Crippen molar-refractivity contribution in [3.05, 3.63) is 17.8 Å². The third kappa shape index (κ3) is 3.32. The molecule has 0 saturated carbocycles. The van der Waals surface area contributed by atoms with Crippen LogP contribution in [0.4, 0.5) is 5.82 Å². The maximum absolute atomic E-state index is 12.4. The first-order chi connectivity index (χ1) is 10.2. The Morgan fingerprint density at radius 3 is 2.29 bits per heavy atom. The van der Waals surface area contributed by atoms with E-state index in [9.17, 15) is 4.79 Å². The van der Waals surface area contributed by atoms with Crippen LogP contribution in [0, 0.1) is 0 Å². The zero-order valence-corrected chi connectivity index (χ0v) is 12.7. The molecule has 1 aromatic rings. The van der Waals surface area contributed by atoms with E-state index in [1.807, 2.05) is 17.0 Å². The van der Waals surface area contributed by atoms with Gasteiger partial charge < -0.3 is 14.7 Å². The SMILES string of the molecule is CN1CCN(C(=O)c2ccc(N3CCCCC3)nn2)CC1. The number of likely N-dealkylation sites (N-methyl/N-ethyl adjacent to an activating group) is 1. The number of aromatic nitrogens is 2. The topological polar surface area (TPSA) is 52.6 Å². The molecular formula is C15H23N5O. The van der Waals surface area contributed by atoms with Gasteiger partial charge in [-0.1, -0.05) is 0 Å². The third-order valence-corrected chi connectivity index (χ3v) is 4.34. The number of hydrogen-bond donors (Lipinski definition) is 0. The summed E-state index contributed by atoms with van der Waals surface area (Å²) < 4.78 is 0. The van der Waals surface area contributed by atoms with Crippen molar-refractivity contribution in [3.63, 3.8) is 0 Å². The second kappa shape index (κ2) is 6.39. The normalized spacial score (nSPS) is 20.6. The van der Waals surface area contributed by atoms with E-state index in [-0.39, 0.29) is 5.91 Å². The summed E-state index contributed by atoms with van der Waals surface area (Å²) in [6, 6.07) is 3.75. The van der Waals surface area contributed by atoms with Gasteiger partial charge in [-0.2, -0.15) is 0 Å². The molecule has 0 N–H and O–H groups in total. The summed E-state index contributed by atoms with van der Waals surface area (Å²) >= 11 is 0. The Balaban J connectivity index is 1.64. The largest absolute Gasteiger partial charge is 0.355 e. The molecule has 2 saturated heterocycles. The van der Waals surface area contributed by atoms with Gasteiger partial charge in [-0.25, -0.2) is 0 Å². The van der Waals surface area contributed by atoms with Gasteiger partial charge in [-0.15, -0.1) is 10.2 Å². The molecule has 3 heterocycles. The number of carbonyl (C=O) groups excluding carboxylic acids is 1. The molecule has 0 aliphatic carbocycles. The molecule has 6 heteroatoms. The number of hydrogen-bond acceptors (Lipinski definition) is 5. The van der Waals surface area contributed by atoms with E-state index in [4.69, 9.17) is 0 Å². The quantitative estimate of drug-likeness (QED) is 0.808. The summed E-state index contributed by atoms with van der Waals surface area (Å²) in [7, 11) is 2.08. The minimum absolute atomic E-state index is 0.000735. The number of amides is 1. The first-order valence-electron chi connectivity index (χ1n) is 7.80. The molecule has 0 spiro atoms. The predicted octanol–water partition coefficient (Wildman–Crippen LogP) is 0.854. The van der Waals surface area contributed by atoms with Crippen LogP contribution < -0.4 is 4.90 Å². The fraction of sp³-hybridized carbons (Fsp3) is 0.667. The summed E-state index contributed by atoms with van der Waals surface area (Å²) in [6.45, 7) is 5.46. The lowest BCUT2D eigenvalue weighted by Crippen LogP contribution is -2.47. The number of anilines is 1. The highest BCUT2D eigenvalue weighted by molar-refractivity contribution is 5.92. The summed E-state index contributed by atoms with van der Waals surface area (Å²) in [6.07, 6.45) is 3.72. The lowest BCUT2D eigenvalue weighted by Gasteiger charge is -2.32. The van der Waals surface area contributed by atoms with Gasteiger partial charge in [0, 0.05) is 39.3 Å². The predicted molar refractivity (Wildman–Crippen MR) is 81.5 cm³/mol. The van der Waals surface area contributed by atoms with Gasteiger partial charge in [-0.3, -0.25) is 4.79 Å². The fourth-order valence-corrected chi connectivity index (χ4v) is 2.90. The van der Waals surface area contributed by atoms with Crippen molar-refractivity contribution >= 4 is 11.7 Å². The van der Waals surface area contributed by atoms with E-state index in [0.717, 1.165) is 45.1 Å². The van der Waals surface area contributed by atoms with Gasteiger partial charge in [-0.05, 0) is 38.4 Å². The van der Waals surface area contributed by atoms with E-state index < -0.39 is 0 Å². The summed E-state index contributed by atoms with van der Waals surface area (Å²) in [4.78, 5) is 18.7. The molecule has 0 radical (unpaired) electrons. The average Bonchev–Trinajstić information content (AvgIpc) is 2.56. The highest BCUT2D eigenvalue weighted by atomic mass is 16.2. The molecule has 2 aliphatic heterocycles. The highest BCUT2D eigenvalue weighted by Crippen LogP contribution is 2.17. The van der Waals surface area contributed by atoms with E-state index in [1.165, 1.54) is 19.3 Å². The number of piperidine rings is 1. The lowest BCUT2D eigenvalue weighted by atomic mass is 10.1. The minimum atomic E-state index is 0.000735. The lowest BCUT2D eigenvalue weighted by molar-refractivity contribution is 0.0657.